The second-order valence-corrected chi connectivity index (χ2v) is 14.6. The van der Waals surface area contributed by atoms with Gasteiger partial charge in [-0.3, -0.25) is 14.4 Å². The fraction of sp³-hybridized carbons (Fsp3) is 0.729. The minimum atomic E-state index is -0.789. The van der Waals surface area contributed by atoms with Crippen LogP contribution in [-0.4, -0.2) is 37.2 Å². The van der Waals surface area contributed by atoms with Crippen LogP contribution in [0.5, 0.6) is 0 Å². The Bertz CT molecular complexity index is 1010. The summed E-state index contributed by atoms with van der Waals surface area (Å²) < 4.78 is 16.6. The second kappa shape index (κ2) is 42.8. The Kier molecular flexibility index (Phi) is 40.6. The van der Waals surface area contributed by atoms with Gasteiger partial charge < -0.3 is 14.2 Å². The van der Waals surface area contributed by atoms with Crippen LogP contribution in [0.3, 0.4) is 0 Å². The van der Waals surface area contributed by atoms with Crippen LogP contribution in [0.4, 0.5) is 0 Å². The van der Waals surface area contributed by atoms with Gasteiger partial charge in [0.15, 0.2) is 6.10 Å². The number of hydrogen-bond donors (Lipinski definition) is 0. The molecule has 0 aliphatic heterocycles. The summed E-state index contributed by atoms with van der Waals surface area (Å²) >= 11 is 0. The van der Waals surface area contributed by atoms with E-state index in [4.69, 9.17) is 14.2 Å². The lowest BCUT2D eigenvalue weighted by Gasteiger charge is -2.18. The van der Waals surface area contributed by atoms with Gasteiger partial charge in [0.2, 0.25) is 0 Å². The van der Waals surface area contributed by atoms with Crippen LogP contribution in [0.1, 0.15) is 207 Å². The fourth-order valence-electron chi connectivity index (χ4n) is 5.95. The average Bonchev–Trinajstić information content (AvgIpc) is 3.17. The van der Waals surface area contributed by atoms with Gasteiger partial charge in [-0.2, -0.15) is 0 Å². The predicted molar refractivity (Wildman–Crippen MR) is 228 cm³/mol. The molecule has 0 fully saturated rings. The first-order valence-corrected chi connectivity index (χ1v) is 22.3. The number of ether oxygens (including phenoxy) is 3. The second-order valence-electron chi connectivity index (χ2n) is 14.6. The standard InChI is InChI=1S/C48H82O6/c1-4-7-10-13-16-19-21-22-23-24-25-26-27-30-32-35-38-41-47(50)53-44-45(43-52-46(49)40-37-34-31-28-18-15-12-9-6-3)54-48(51)42-39-36-33-29-20-17-14-11-8-5-2/h7,10,16,19,22-23,25-26,30,32,45H,4-6,8-9,11-15,17-18,20-21,24,27-29,31,33-44H2,1-3H3/b10-7-,19-16-,23-22-,26-25-,32-30-/t45-/m1/s1. The first kappa shape index (κ1) is 51.1. The van der Waals surface area contributed by atoms with Crippen molar-refractivity contribution in [3.8, 4) is 0 Å². The third-order valence-corrected chi connectivity index (χ3v) is 9.29. The Hall–Kier alpha value is -2.89. The van der Waals surface area contributed by atoms with E-state index in [1.165, 1.54) is 83.5 Å². The Morgan fingerprint density at radius 3 is 1.13 bits per heavy atom. The molecule has 6 nitrogen and oxygen atoms in total. The van der Waals surface area contributed by atoms with Crippen molar-refractivity contribution >= 4 is 17.9 Å². The van der Waals surface area contributed by atoms with Crippen molar-refractivity contribution in [2.75, 3.05) is 13.2 Å². The number of allylic oxidation sites excluding steroid dienone is 10. The van der Waals surface area contributed by atoms with Crippen LogP contribution < -0.4 is 0 Å². The van der Waals surface area contributed by atoms with Gasteiger partial charge >= 0.3 is 17.9 Å². The van der Waals surface area contributed by atoms with E-state index < -0.39 is 6.10 Å². The monoisotopic (exact) mass is 755 g/mol. The summed E-state index contributed by atoms with van der Waals surface area (Å²) in [5, 5.41) is 0. The van der Waals surface area contributed by atoms with Crippen LogP contribution in [0.25, 0.3) is 0 Å². The highest BCUT2D eigenvalue weighted by molar-refractivity contribution is 5.71. The van der Waals surface area contributed by atoms with Crippen LogP contribution in [0.2, 0.25) is 0 Å². The van der Waals surface area contributed by atoms with Crippen molar-refractivity contribution in [2.45, 2.75) is 213 Å². The van der Waals surface area contributed by atoms with Gasteiger partial charge in [-0.05, 0) is 57.8 Å². The summed E-state index contributed by atoms with van der Waals surface area (Å²) in [6.45, 7) is 6.42. The van der Waals surface area contributed by atoms with Gasteiger partial charge in [0.05, 0.1) is 0 Å². The Balaban J connectivity index is 4.43. The van der Waals surface area contributed by atoms with Gasteiger partial charge in [0, 0.05) is 19.3 Å². The third-order valence-electron chi connectivity index (χ3n) is 9.29. The maximum absolute atomic E-state index is 12.7. The zero-order valence-electron chi connectivity index (χ0n) is 35.2. The van der Waals surface area contributed by atoms with Crippen LogP contribution in [0, 0.1) is 0 Å². The minimum Gasteiger partial charge on any atom is -0.462 e. The summed E-state index contributed by atoms with van der Waals surface area (Å²) in [4.78, 5) is 37.6. The van der Waals surface area contributed by atoms with Crippen molar-refractivity contribution in [3.05, 3.63) is 60.8 Å². The number of unbranched alkanes of at least 4 members (excludes halogenated alkanes) is 18. The van der Waals surface area contributed by atoms with Gasteiger partial charge in [-0.25, -0.2) is 0 Å². The van der Waals surface area contributed by atoms with Gasteiger partial charge in [0.25, 0.3) is 0 Å². The largest absolute Gasteiger partial charge is 0.462 e. The third kappa shape index (κ3) is 40.3. The minimum absolute atomic E-state index is 0.0899. The lowest BCUT2D eigenvalue weighted by atomic mass is 10.1. The highest BCUT2D eigenvalue weighted by Gasteiger charge is 2.19. The van der Waals surface area contributed by atoms with Gasteiger partial charge in [0.1, 0.15) is 13.2 Å². The van der Waals surface area contributed by atoms with Gasteiger partial charge in [-0.1, -0.05) is 191 Å². The topological polar surface area (TPSA) is 78.9 Å². The molecule has 1 atom stereocenters. The highest BCUT2D eigenvalue weighted by Crippen LogP contribution is 2.14. The zero-order valence-corrected chi connectivity index (χ0v) is 35.2. The van der Waals surface area contributed by atoms with Crippen LogP contribution in [-0.2, 0) is 28.6 Å². The predicted octanol–water partition coefficient (Wildman–Crippen LogP) is 14.1. The van der Waals surface area contributed by atoms with E-state index in [1.807, 2.05) is 0 Å². The highest BCUT2D eigenvalue weighted by atomic mass is 16.6. The van der Waals surface area contributed by atoms with E-state index in [1.54, 1.807) is 0 Å². The SMILES string of the molecule is CC/C=C\C/C=C\C/C=C\C/C=C\C/C=C\CCCC(=O)OC[C@@H](COC(=O)CCCCCCCCCCC)OC(=O)CCCCCCCCCCCC. The average molecular weight is 755 g/mol. The van der Waals surface area contributed by atoms with E-state index in [2.05, 4.69) is 81.5 Å². The Morgan fingerprint density at radius 2 is 0.722 bits per heavy atom. The molecule has 0 unspecified atom stereocenters. The van der Waals surface area contributed by atoms with Crippen molar-refractivity contribution in [1.82, 2.24) is 0 Å². The number of carbonyl (C=O) groups excluding carboxylic acids is 3. The molecule has 0 aliphatic rings. The van der Waals surface area contributed by atoms with Crippen molar-refractivity contribution in [2.24, 2.45) is 0 Å². The van der Waals surface area contributed by atoms with Crippen LogP contribution >= 0.6 is 0 Å². The quantitative estimate of drug-likeness (QED) is 0.0269. The lowest BCUT2D eigenvalue weighted by molar-refractivity contribution is -0.167. The van der Waals surface area contributed by atoms with E-state index in [-0.39, 0.29) is 37.5 Å². The zero-order chi connectivity index (χ0) is 39.4. The molecule has 0 amide bonds. The summed E-state index contributed by atoms with van der Waals surface area (Å²) in [6.07, 6.45) is 50.7. The molecule has 0 rings (SSSR count). The number of esters is 3. The summed E-state index contributed by atoms with van der Waals surface area (Å²) in [5.74, 6) is -0.958. The molecule has 0 aromatic rings. The van der Waals surface area contributed by atoms with Crippen molar-refractivity contribution in [1.29, 1.82) is 0 Å². The maximum Gasteiger partial charge on any atom is 0.306 e. The molecule has 0 spiro atoms. The van der Waals surface area contributed by atoms with Crippen molar-refractivity contribution < 1.29 is 28.6 Å². The number of hydrogen-bond acceptors (Lipinski definition) is 6. The van der Waals surface area contributed by atoms with Gasteiger partial charge in [-0.15, -0.1) is 0 Å². The Morgan fingerprint density at radius 1 is 0.389 bits per heavy atom. The molecule has 0 saturated carbocycles. The van der Waals surface area contributed by atoms with E-state index >= 15 is 0 Å². The lowest BCUT2D eigenvalue weighted by Crippen LogP contribution is -2.30. The maximum atomic E-state index is 12.7. The molecule has 0 saturated heterocycles. The van der Waals surface area contributed by atoms with Crippen LogP contribution in [0.15, 0.2) is 60.8 Å². The molecule has 0 aromatic heterocycles. The first-order valence-electron chi connectivity index (χ1n) is 22.3. The smallest absolute Gasteiger partial charge is 0.306 e. The summed E-state index contributed by atoms with van der Waals surface area (Å²) in [6, 6.07) is 0. The fourth-order valence-corrected chi connectivity index (χ4v) is 5.95. The molecule has 0 heterocycles. The molecule has 310 valence electrons. The summed E-state index contributed by atoms with van der Waals surface area (Å²) in [5.41, 5.74) is 0. The number of carbonyl (C=O) groups is 3. The summed E-state index contributed by atoms with van der Waals surface area (Å²) in [7, 11) is 0. The molecule has 0 N–H and O–H groups in total. The molecule has 0 aliphatic carbocycles. The molecule has 54 heavy (non-hydrogen) atoms. The molecule has 6 heteroatoms. The normalized spacial score (nSPS) is 12.6. The van der Waals surface area contributed by atoms with E-state index in [0.717, 1.165) is 77.0 Å². The number of rotatable bonds is 39. The molecule has 0 radical (unpaired) electrons. The molecular formula is C48H82O6. The first-order chi connectivity index (χ1) is 26.5. The molecule has 0 aromatic carbocycles. The van der Waals surface area contributed by atoms with E-state index in [9.17, 15) is 14.4 Å². The molecular weight excluding hydrogens is 673 g/mol. The Labute approximate surface area is 332 Å². The van der Waals surface area contributed by atoms with E-state index in [0.29, 0.717) is 19.3 Å². The van der Waals surface area contributed by atoms with Crippen molar-refractivity contribution in [3.63, 3.8) is 0 Å². The molecule has 0 bridgehead atoms.